The van der Waals surface area contributed by atoms with Crippen LogP contribution in [0.5, 0.6) is 0 Å². The van der Waals surface area contributed by atoms with E-state index in [0.29, 0.717) is 0 Å². The Labute approximate surface area is 120 Å². The summed E-state index contributed by atoms with van der Waals surface area (Å²) in [6, 6.07) is 14.9. The Morgan fingerprint density at radius 2 is 2.10 bits per heavy atom. The first-order valence-electron chi connectivity index (χ1n) is 7.16. The van der Waals surface area contributed by atoms with Crippen LogP contribution in [0.3, 0.4) is 0 Å². The molecule has 1 aliphatic heterocycles. The van der Waals surface area contributed by atoms with Crippen molar-refractivity contribution in [1.29, 1.82) is 0 Å². The average molecular weight is 268 g/mol. The second kappa shape index (κ2) is 6.16. The highest BCUT2D eigenvalue weighted by Crippen LogP contribution is 2.33. The maximum Gasteiger partial charge on any atom is 0.0846 e. The summed E-state index contributed by atoms with van der Waals surface area (Å²) in [7, 11) is 1.98. The van der Waals surface area contributed by atoms with Gasteiger partial charge in [0.25, 0.3) is 0 Å². The van der Waals surface area contributed by atoms with E-state index in [-0.39, 0.29) is 12.1 Å². The quantitative estimate of drug-likeness (QED) is 0.925. The third-order valence-corrected chi connectivity index (χ3v) is 3.94. The highest BCUT2D eigenvalue weighted by Gasteiger charge is 2.24. The van der Waals surface area contributed by atoms with Gasteiger partial charge in [-0.05, 0) is 43.1 Å². The van der Waals surface area contributed by atoms with Crippen LogP contribution in [0.25, 0.3) is 0 Å². The first-order chi connectivity index (χ1) is 9.88. The van der Waals surface area contributed by atoms with E-state index in [0.717, 1.165) is 25.1 Å². The molecule has 0 aliphatic carbocycles. The van der Waals surface area contributed by atoms with Crippen molar-refractivity contribution in [3.63, 3.8) is 0 Å². The molecule has 2 aromatic rings. The summed E-state index contributed by atoms with van der Waals surface area (Å²) < 4.78 is 5.99. The van der Waals surface area contributed by atoms with E-state index in [1.807, 2.05) is 25.4 Å². The van der Waals surface area contributed by atoms with Crippen molar-refractivity contribution >= 4 is 0 Å². The number of nitrogens with one attached hydrogen (secondary N) is 1. The highest BCUT2D eigenvalue weighted by molar-refractivity contribution is 5.31. The molecule has 0 radical (unpaired) electrons. The summed E-state index contributed by atoms with van der Waals surface area (Å²) in [5, 5.41) is 3.35. The molecule has 0 spiro atoms. The first-order valence-corrected chi connectivity index (χ1v) is 7.16. The lowest BCUT2D eigenvalue weighted by Gasteiger charge is -2.29. The first kappa shape index (κ1) is 13.3. The van der Waals surface area contributed by atoms with E-state index in [4.69, 9.17) is 4.74 Å². The normalized spacial score (nSPS) is 19.4. The summed E-state index contributed by atoms with van der Waals surface area (Å²) in [6.45, 7) is 0.806. The Morgan fingerprint density at radius 1 is 1.25 bits per heavy atom. The van der Waals surface area contributed by atoms with Gasteiger partial charge in [0.1, 0.15) is 0 Å². The van der Waals surface area contributed by atoms with Crippen molar-refractivity contribution in [3.8, 4) is 0 Å². The lowest BCUT2D eigenvalue weighted by atomic mass is 9.92. The second-order valence-corrected chi connectivity index (χ2v) is 5.14. The van der Waals surface area contributed by atoms with E-state index >= 15 is 0 Å². The molecule has 0 amide bonds. The average Bonchev–Trinajstić information content (AvgIpc) is 2.53. The van der Waals surface area contributed by atoms with Gasteiger partial charge in [0.2, 0.25) is 0 Å². The largest absolute Gasteiger partial charge is 0.373 e. The molecular weight excluding hydrogens is 248 g/mol. The molecular formula is C17H20N2O. The van der Waals surface area contributed by atoms with Crippen LogP contribution in [-0.2, 0) is 11.2 Å². The Balaban J connectivity index is 1.81. The van der Waals surface area contributed by atoms with E-state index in [1.165, 1.54) is 11.1 Å². The number of rotatable bonds is 4. The number of hydrogen-bond acceptors (Lipinski definition) is 3. The molecule has 0 fully saturated rings. The van der Waals surface area contributed by atoms with Gasteiger partial charge in [0.15, 0.2) is 0 Å². The van der Waals surface area contributed by atoms with Crippen LogP contribution in [0.1, 0.15) is 35.4 Å². The van der Waals surface area contributed by atoms with Gasteiger partial charge in [0, 0.05) is 6.20 Å². The predicted molar refractivity (Wildman–Crippen MR) is 79.5 cm³/mol. The maximum atomic E-state index is 5.99. The monoisotopic (exact) mass is 268 g/mol. The molecule has 20 heavy (non-hydrogen) atoms. The van der Waals surface area contributed by atoms with Gasteiger partial charge in [-0.1, -0.05) is 30.3 Å². The topological polar surface area (TPSA) is 34.1 Å². The summed E-state index contributed by atoms with van der Waals surface area (Å²) in [5.41, 5.74) is 3.82. The minimum absolute atomic E-state index is 0.152. The molecule has 3 nitrogen and oxygen atoms in total. The van der Waals surface area contributed by atoms with Gasteiger partial charge in [-0.25, -0.2) is 0 Å². The van der Waals surface area contributed by atoms with Crippen LogP contribution < -0.4 is 5.32 Å². The zero-order valence-corrected chi connectivity index (χ0v) is 11.8. The van der Waals surface area contributed by atoms with E-state index in [1.54, 1.807) is 0 Å². The standard InChI is InChI=1S/C17H20N2O/c1-18-16(15-8-4-5-10-19-15)12-17-14-7-3-2-6-13(14)9-11-20-17/h2-8,10,16-18H,9,11-12H2,1H3. The van der Waals surface area contributed by atoms with Crippen molar-refractivity contribution in [1.82, 2.24) is 10.3 Å². The second-order valence-electron chi connectivity index (χ2n) is 5.14. The van der Waals surface area contributed by atoms with Crippen molar-refractivity contribution in [2.75, 3.05) is 13.7 Å². The molecule has 0 saturated heterocycles. The van der Waals surface area contributed by atoms with Gasteiger partial charge in [-0.15, -0.1) is 0 Å². The molecule has 104 valence electrons. The molecule has 2 heterocycles. The summed E-state index contributed by atoms with van der Waals surface area (Å²) in [5.74, 6) is 0. The van der Waals surface area contributed by atoms with Crippen LogP contribution in [0.2, 0.25) is 0 Å². The molecule has 1 aromatic heterocycles. The number of hydrogen-bond donors (Lipinski definition) is 1. The molecule has 1 aromatic carbocycles. The van der Waals surface area contributed by atoms with Crippen LogP contribution in [-0.4, -0.2) is 18.6 Å². The summed E-state index contributed by atoms with van der Waals surface area (Å²) in [4.78, 5) is 4.45. The molecule has 3 heteroatoms. The SMILES string of the molecule is CNC(CC1OCCc2ccccc21)c1ccccn1. The van der Waals surface area contributed by atoms with Crippen LogP contribution in [0, 0.1) is 0 Å². The summed E-state index contributed by atoms with van der Waals surface area (Å²) >= 11 is 0. The molecule has 3 rings (SSSR count). The van der Waals surface area contributed by atoms with Crippen LogP contribution >= 0.6 is 0 Å². The minimum atomic E-state index is 0.152. The minimum Gasteiger partial charge on any atom is -0.373 e. The van der Waals surface area contributed by atoms with Crippen molar-refractivity contribution in [2.45, 2.75) is 25.0 Å². The molecule has 2 unspecified atom stereocenters. The van der Waals surface area contributed by atoms with E-state index < -0.39 is 0 Å². The number of nitrogens with zero attached hydrogens (tertiary/aromatic N) is 1. The van der Waals surface area contributed by atoms with Gasteiger partial charge >= 0.3 is 0 Å². The fourth-order valence-corrected chi connectivity index (χ4v) is 2.85. The Morgan fingerprint density at radius 3 is 2.90 bits per heavy atom. The number of benzene rings is 1. The Kier molecular flexibility index (Phi) is 4.09. The Hall–Kier alpha value is -1.71. The van der Waals surface area contributed by atoms with Crippen molar-refractivity contribution < 1.29 is 4.74 Å². The predicted octanol–water partition coefficient (Wildman–Crippen LogP) is 3.05. The van der Waals surface area contributed by atoms with Crippen LogP contribution in [0.15, 0.2) is 48.7 Å². The Bertz CT molecular complexity index is 556. The van der Waals surface area contributed by atoms with Gasteiger partial charge in [-0.2, -0.15) is 0 Å². The number of pyridine rings is 1. The molecule has 0 bridgehead atoms. The molecule has 1 N–H and O–H groups in total. The maximum absolute atomic E-state index is 5.99. The summed E-state index contributed by atoms with van der Waals surface area (Å²) in [6.07, 6.45) is 3.92. The lowest BCUT2D eigenvalue weighted by molar-refractivity contribution is 0.0295. The van der Waals surface area contributed by atoms with E-state index in [2.05, 4.69) is 40.6 Å². The molecule has 1 aliphatic rings. The number of fused-ring (bicyclic) bond motifs is 1. The zero-order chi connectivity index (χ0) is 13.8. The fraction of sp³-hybridized carbons (Fsp3) is 0.353. The van der Waals surface area contributed by atoms with Crippen molar-refractivity contribution in [2.24, 2.45) is 0 Å². The number of ether oxygens (including phenoxy) is 1. The van der Waals surface area contributed by atoms with Gasteiger partial charge < -0.3 is 10.1 Å². The van der Waals surface area contributed by atoms with Crippen molar-refractivity contribution in [3.05, 3.63) is 65.5 Å². The third-order valence-electron chi connectivity index (χ3n) is 3.94. The zero-order valence-electron chi connectivity index (χ0n) is 11.8. The van der Waals surface area contributed by atoms with Gasteiger partial charge in [-0.3, -0.25) is 4.98 Å². The van der Waals surface area contributed by atoms with Crippen LogP contribution in [0.4, 0.5) is 0 Å². The van der Waals surface area contributed by atoms with Gasteiger partial charge in [0.05, 0.1) is 24.4 Å². The number of aromatic nitrogens is 1. The fourth-order valence-electron chi connectivity index (χ4n) is 2.85. The highest BCUT2D eigenvalue weighted by atomic mass is 16.5. The lowest BCUT2D eigenvalue weighted by Crippen LogP contribution is -2.24. The third kappa shape index (κ3) is 2.74. The smallest absolute Gasteiger partial charge is 0.0846 e. The van der Waals surface area contributed by atoms with E-state index in [9.17, 15) is 0 Å². The molecule has 0 saturated carbocycles. The molecule has 2 atom stereocenters.